The van der Waals surface area contributed by atoms with Crippen molar-refractivity contribution in [3.8, 4) is 16.9 Å². The molecule has 3 aromatic rings. The third-order valence-electron chi connectivity index (χ3n) is 7.02. The number of aliphatic hydroxyl groups excluding tert-OH is 1. The van der Waals surface area contributed by atoms with Gasteiger partial charge in [-0.2, -0.15) is 0 Å². The molecule has 1 fully saturated rings. The molecule has 0 spiro atoms. The molecule has 1 aliphatic rings. The van der Waals surface area contributed by atoms with Gasteiger partial charge in [-0.15, -0.1) is 0 Å². The lowest BCUT2D eigenvalue weighted by molar-refractivity contribution is 0.166. The summed E-state index contributed by atoms with van der Waals surface area (Å²) in [5, 5.41) is 19.5. The molecule has 0 saturated heterocycles. The molecular formula is C30H31F3O2. The first-order valence-corrected chi connectivity index (χ1v) is 12.3. The maximum absolute atomic E-state index is 15.1. The van der Waals surface area contributed by atoms with Crippen LogP contribution in [0.15, 0.2) is 60.7 Å². The van der Waals surface area contributed by atoms with Crippen LogP contribution in [0.3, 0.4) is 0 Å². The summed E-state index contributed by atoms with van der Waals surface area (Å²) >= 11 is 0. The zero-order valence-corrected chi connectivity index (χ0v) is 19.9. The first-order chi connectivity index (χ1) is 16.9. The highest BCUT2D eigenvalue weighted by Crippen LogP contribution is 2.39. The molecule has 5 heteroatoms. The van der Waals surface area contributed by atoms with E-state index in [2.05, 4.69) is 0 Å². The van der Waals surface area contributed by atoms with Gasteiger partial charge in [0.15, 0.2) is 11.6 Å². The molecule has 1 unspecified atom stereocenters. The van der Waals surface area contributed by atoms with Crippen LogP contribution < -0.4 is 0 Å². The highest BCUT2D eigenvalue weighted by atomic mass is 19.2. The van der Waals surface area contributed by atoms with Crippen molar-refractivity contribution in [3.63, 3.8) is 0 Å². The van der Waals surface area contributed by atoms with Gasteiger partial charge >= 0.3 is 0 Å². The fraction of sp³-hybridized carbons (Fsp3) is 0.333. The van der Waals surface area contributed by atoms with E-state index < -0.39 is 23.6 Å². The van der Waals surface area contributed by atoms with Gasteiger partial charge in [-0.1, -0.05) is 61.9 Å². The van der Waals surface area contributed by atoms with Crippen molar-refractivity contribution >= 4 is 6.08 Å². The van der Waals surface area contributed by atoms with Gasteiger partial charge in [-0.05, 0) is 72.8 Å². The van der Waals surface area contributed by atoms with Crippen molar-refractivity contribution in [1.82, 2.24) is 0 Å². The first-order valence-electron chi connectivity index (χ1n) is 12.3. The number of phenols is 1. The van der Waals surface area contributed by atoms with Crippen LogP contribution in [0.5, 0.6) is 5.75 Å². The van der Waals surface area contributed by atoms with E-state index in [4.69, 9.17) is 0 Å². The summed E-state index contributed by atoms with van der Waals surface area (Å²) in [5.74, 6) is -2.02. The zero-order chi connectivity index (χ0) is 24.9. The third-order valence-corrected chi connectivity index (χ3v) is 7.02. The van der Waals surface area contributed by atoms with Crippen molar-refractivity contribution in [2.75, 3.05) is 0 Å². The smallest absolute Gasteiger partial charge is 0.166 e. The van der Waals surface area contributed by atoms with E-state index in [1.54, 1.807) is 42.5 Å². The second kappa shape index (κ2) is 11.1. The van der Waals surface area contributed by atoms with E-state index in [9.17, 15) is 14.6 Å². The van der Waals surface area contributed by atoms with Gasteiger partial charge in [0, 0.05) is 17.2 Å². The largest absolute Gasteiger partial charge is 0.508 e. The average Bonchev–Trinajstić information content (AvgIpc) is 2.86. The minimum atomic E-state index is -0.839. The molecule has 0 aliphatic heterocycles. The molecule has 1 aliphatic carbocycles. The number of halogens is 3. The van der Waals surface area contributed by atoms with Gasteiger partial charge in [0.2, 0.25) is 0 Å². The van der Waals surface area contributed by atoms with Gasteiger partial charge in [0.05, 0.1) is 6.10 Å². The predicted octanol–water partition coefficient (Wildman–Crippen LogP) is 8.30. The summed E-state index contributed by atoms with van der Waals surface area (Å²) in [6, 6.07) is 14.4. The monoisotopic (exact) mass is 480 g/mol. The van der Waals surface area contributed by atoms with Crippen molar-refractivity contribution in [3.05, 3.63) is 94.8 Å². The van der Waals surface area contributed by atoms with Crippen LogP contribution in [0, 0.1) is 23.4 Å². The number of hydrogen-bond acceptors (Lipinski definition) is 2. The second-order valence-corrected chi connectivity index (χ2v) is 9.43. The summed E-state index contributed by atoms with van der Waals surface area (Å²) in [4.78, 5) is 0. The minimum Gasteiger partial charge on any atom is -0.508 e. The molecule has 3 aromatic carbocycles. The molecule has 0 bridgehead atoms. The molecule has 1 saturated carbocycles. The SMILES string of the molecule is CCCC(O)c1ccc(-c2ccc(C3CCC(/C=C/c4ccc(O)cc4F)CC3)c(F)c2F)cc1. The van der Waals surface area contributed by atoms with Crippen LogP contribution in [0.2, 0.25) is 0 Å². The molecule has 184 valence electrons. The van der Waals surface area contributed by atoms with Crippen LogP contribution in [-0.4, -0.2) is 10.2 Å². The van der Waals surface area contributed by atoms with E-state index in [1.165, 1.54) is 12.1 Å². The Morgan fingerprint density at radius 1 is 0.914 bits per heavy atom. The van der Waals surface area contributed by atoms with Gasteiger partial charge in [-0.3, -0.25) is 0 Å². The lowest BCUT2D eigenvalue weighted by atomic mass is 9.78. The van der Waals surface area contributed by atoms with Crippen molar-refractivity contribution in [2.45, 2.75) is 57.5 Å². The molecule has 0 amide bonds. The Kier molecular flexibility index (Phi) is 7.97. The summed E-state index contributed by atoms with van der Waals surface area (Å²) in [5.41, 5.74) is 2.40. The quantitative estimate of drug-likeness (QED) is 0.357. The standard InChI is InChI=1S/C30H31F3O2/c1-2-3-28(35)23-12-10-21(11-13-23)26-17-16-25(29(32)30(26)33)20-7-4-19(5-8-20)6-9-22-14-15-24(34)18-27(22)31/h6,9-20,28,34-35H,2-5,7-8H2,1H3/b9-6+. The summed E-state index contributed by atoms with van der Waals surface area (Å²) in [7, 11) is 0. The van der Waals surface area contributed by atoms with Gasteiger partial charge < -0.3 is 10.2 Å². The first kappa shape index (κ1) is 25.1. The second-order valence-electron chi connectivity index (χ2n) is 9.43. The number of aromatic hydroxyl groups is 1. The van der Waals surface area contributed by atoms with Crippen LogP contribution in [0.25, 0.3) is 17.2 Å². The predicted molar refractivity (Wildman–Crippen MR) is 133 cm³/mol. The Labute approximate surface area is 204 Å². The maximum atomic E-state index is 15.1. The highest BCUT2D eigenvalue weighted by Gasteiger charge is 2.26. The zero-order valence-electron chi connectivity index (χ0n) is 19.9. The van der Waals surface area contributed by atoms with Crippen LogP contribution in [0.1, 0.15) is 74.2 Å². The van der Waals surface area contributed by atoms with E-state index in [1.807, 2.05) is 13.0 Å². The molecular weight excluding hydrogens is 449 g/mol. The number of aliphatic hydroxyl groups is 1. The topological polar surface area (TPSA) is 40.5 Å². The number of phenolic OH excluding ortho intramolecular Hbond substituents is 1. The van der Waals surface area contributed by atoms with Crippen LogP contribution in [0.4, 0.5) is 13.2 Å². The molecule has 4 rings (SSSR count). The highest BCUT2D eigenvalue weighted by molar-refractivity contribution is 5.65. The lowest BCUT2D eigenvalue weighted by Gasteiger charge is -2.27. The fourth-order valence-corrected chi connectivity index (χ4v) is 4.94. The normalized spacial score (nSPS) is 19.2. The maximum Gasteiger partial charge on any atom is 0.166 e. The molecule has 2 nitrogen and oxygen atoms in total. The average molecular weight is 481 g/mol. The molecule has 0 heterocycles. The number of hydrogen-bond donors (Lipinski definition) is 2. The summed E-state index contributed by atoms with van der Waals surface area (Å²) in [6.45, 7) is 2.00. The summed E-state index contributed by atoms with van der Waals surface area (Å²) < 4.78 is 44.1. The Morgan fingerprint density at radius 3 is 2.29 bits per heavy atom. The van der Waals surface area contributed by atoms with Gasteiger partial charge in [0.1, 0.15) is 11.6 Å². The van der Waals surface area contributed by atoms with E-state index in [-0.39, 0.29) is 23.1 Å². The van der Waals surface area contributed by atoms with E-state index in [0.717, 1.165) is 43.7 Å². The number of rotatable bonds is 7. The third kappa shape index (κ3) is 5.79. The molecule has 0 aromatic heterocycles. The van der Waals surface area contributed by atoms with E-state index in [0.29, 0.717) is 23.1 Å². The van der Waals surface area contributed by atoms with Crippen molar-refractivity contribution in [1.29, 1.82) is 0 Å². The Bertz CT molecular complexity index is 1180. The lowest BCUT2D eigenvalue weighted by Crippen LogP contribution is -2.13. The number of allylic oxidation sites excluding steroid dienone is 1. The molecule has 2 N–H and O–H groups in total. The van der Waals surface area contributed by atoms with Gasteiger partial charge in [0.25, 0.3) is 0 Å². The number of benzene rings is 3. The van der Waals surface area contributed by atoms with Crippen LogP contribution in [-0.2, 0) is 0 Å². The summed E-state index contributed by atoms with van der Waals surface area (Å²) in [6.07, 6.45) is 7.73. The molecule has 1 atom stereocenters. The van der Waals surface area contributed by atoms with Crippen molar-refractivity contribution < 1.29 is 23.4 Å². The van der Waals surface area contributed by atoms with Crippen LogP contribution >= 0.6 is 0 Å². The molecule has 0 radical (unpaired) electrons. The van der Waals surface area contributed by atoms with Gasteiger partial charge in [-0.25, -0.2) is 13.2 Å². The van der Waals surface area contributed by atoms with Crippen molar-refractivity contribution in [2.24, 2.45) is 5.92 Å². The Balaban J connectivity index is 1.42. The minimum absolute atomic E-state index is 0.0554. The Hall–Kier alpha value is -3.05. The Morgan fingerprint density at radius 2 is 1.63 bits per heavy atom. The van der Waals surface area contributed by atoms with E-state index >= 15 is 8.78 Å². The fourth-order valence-electron chi connectivity index (χ4n) is 4.94. The molecule has 35 heavy (non-hydrogen) atoms.